The molecule has 0 aliphatic carbocycles. The molecule has 0 saturated carbocycles. The highest BCUT2D eigenvalue weighted by Crippen LogP contribution is 2.30. The molecule has 4 heteroatoms. The minimum atomic E-state index is 0.742. The molecule has 0 bridgehead atoms. The van der Waals surface area contributed by atoms with Crippen molar-refractivity contribution in [2.45, 2.75) is 9.79 Å². The number of nitrogens with two attached hydrogens (primary N) is 1. The zero-order chi connectivity index (χ0) is 12.1. The first-order chi connectivity index (χ1) is 8.29. The number of halogens is 1. The van der Waals surface area contributed by atoms with Gasteiger partial charge < -0.3 is 5.84 Å². The Bertz CT molecular complexity index is 523. The van der Waals surface area contributed by atoms with Gasteiger partial charge in [-0.05, 0) is 30.3 Å². The lowest BCUT2D eigenvalue weighted by Gasteiger charge is -2.05. The summed E-state index contributed by atoms with van der Waals surface area (Å²) in [5, 5.41) is 4.30. The summed E-state index contributed by atoms with van der Waals surface area (Å²) in [6.45, 7) is 0. The van der Waals surface area contributed by atoms with E-state index in [1.165, 1.54) is 0 Å². The Labute approximate surface area is 109 Å². The maximum absolute atomic E-state index is 5.85. The summed E-state index contributed by atoms with van der Waals surface area (Å²) in [6.07, 6.45) is 1.65. The molecule has 2 rings (SSSR count). The van der Waals surface area contributed by atoms with Crippen LogP contribution in [0.4, 0.5) is 0 Å². The predicted octanol–water partition coefficient (Wildman–Crippen LogP) is 3.78. The lowest BCUT2D eigenvalue weighted by molar-refractivity contribution is 1.25. The summed E-state index contributed by atoms with van der Waals surface area (Å²) in [4.78, 5) is 2.25. The number of hydrogen-bond donors (Lipinski definition) is 1. The van der Waals surface area contributed by atoms with Crippen molar-refractivity contribution in [1.82, 2.24) is 0 Å². The summed E-state index contributed by atoms with van der Waals surface area (Å²) >= 11 is 7.51. The number of benzene rings is 2. The van der Waals surface area contributed by atoms with Gasteiger partial charge in [-0.2, -0.15) is 5.10 Å². The zero-order valence-corrected chi connectivity index (χ0v) is 10.6. The van der Waals surface area contributed by atoms with Crippen molar-refractivity contribution < 1.29 is 0 Å². The van der Waals surface area contributed by atoms with E-state index < -0.39 is 0 Å². The van der Waals surface area contributed by atoms with Gasteiger partial charge in [0.1, 0.15) is 0 Å². The Kier molecular flexibility index (Phi) is 4.07. The van der Waals surface area contributed by atoms with Gasteiger partial charge in [0.25, 0.3) is 0 Å². The van der Waals surface area contributed by atoms with E-state index in [2.05, 4.69) is 5.10 Å². The molecule has 0 aliphatic heterocycles. The summed E-state index contributed by atoms with van der Waals surface area (Å²) in [7, 11) is 0. The Balaban J connectivity index is 2.26. The van der Waals surface area contributed by atoms with Crippen LogP contribution in [0.2, 0.25) is 5.02 Å². The molecular formula is C13H11ClN2S. The summed E-state index contributed by atoms with van der Waals surface area (Å²) < 4.78 is 0. The molecular weight excluding hydrogens is 252 g/mol. The standard InChI is InChI=1S/C13H11ClN2S/c14-11-5-7-12(8-6-11)17-13-4-2-1-3-10(13)9-16-15/h1-9H,15H2. The van der Waals surface area contributed by atoms with Crippen LogP contribution in [-0.2, 0) is 0 Å². The van der Waals surface area contributed by atoms with Crippen molar-refractivity contribution >= 4 is 29.6 Å². The lowest BCUT2D eigenvalue weighted by atomic mass is 10.2. The van der Waals surface area contributed by atoms with E-state index in [9.17, 15) is 0 Å². The minimum Gasteiger partial charge on any atom is -0.323 e. The van der Waals surface area contributed by atoms with Crippen molar-refractivity contribution in [3.05, 3.63) is 59.1 Å². The first-order valence-electron chi connectivity index (χ1n) is 5.05. The molecule has 0 saturated heterocycles. The molecule has 0 amide bonds. The van der Waals surface area contributed by atoms with Gasteiger partial charge in [0.15, 0.2) is 0 Å². The van der Waals surface area contributed by atoms with E-state index in [0.717, 1.165) is 20.4 Å². The summed E-state index contributed by atoms with van der Waals surface area (Å²) in [5.41, 5.74) is 1.01. The topological polar surface area (TPSA) is 38.4 Å². The van der Waals surface area contributed by atoms with Crippen molar-refractivity contribution in [3.63, 3.8) is 0 Å². The van der Waals surface area contributed by atoms with Gasteiger partial charge in [-0.15, -0.1) is 0 Å². The van der Waals surface area contributed by atoms with E-state index in [1.807, 2.05) is 48.5 Å². The summed E-state index contributed by atoms with van der Waals surface area (Å²) in [5.74, 6) is 5.19. The maximum atomic E-state index is 5.85. The van der Waals surface area contributed by atoms with Crippen LogP contribution in [0.3, 0.4) is 0 Å². The highest BCUT2D eigenvalue weighted by atomic mass is 35.5. The Hall–Kier alpha value is -1.45. The van der Waals surface area contributed by atoms with Gasteiger partial charge >= 0.3 is 0 Å². The first kappa shape index (κ1) is 12.0. The Morgan fingerprint density at radius 2 is 1.76 bits per heavy atom. The van der Waals surface area contributed by atoms with Crippen LogP contribution in [0.15, 0.2) is 63.4 Å². The van der Waals surface area contributed by atoms with Gasteiger partial charge in [-0.1, -0.05) is 41.6 Å². The monoisotopic (exact) mass is 262 g/mol. The van der Waals surface area contributed by atoms with Crippen LogP contribution in [0.1, 0.15) is 5.56 Å². The molecule has 0 atom stereocenters. The Morgan fingerprint density at radius 3 is 2.47 bits per heavy atom. The molecule has 0 aliphatic rings. The fourth-order valence-corrected chi connectivity index (χ4v) is 2.43. The summed E-state index contributed by atoms with van der Waals surface area (Å²) in [6, 6.07) is 15.7. The van der Waals surface area contributed by atoms with E-state index >= 15 is 0 Å². The van der Waals surface area contributed by atoms with Crippen LogP contribution < -0.4 is 5.84 Å². The third-order valence-corrected chi connectivity index (χ3v) is 3.53. The normalized spacial score (nSPS) is 10.9. The van der Waals surface area contributed by atoms with Crippen LogP contribution in [0, 0.1) is 0 Å². The molecule has 17 heavy (non-hydrogen) atoms. The van der Waals surface area contributed by atoms with Crippen LogP contribution in [-0.4, -0.2) is 6.21 Å². The third kappa shape index (κ3) is 3.25. The number of hydrazone groups is 1. The molecule has 2 aromatic rings. The number of nitrogens with zero attached hydrogens (tertiary/aromatic N) is 1. The fourth-order valence-electron chi connectivity index (χ4n) is 1.39. The lowest BCUT2D eigenvalue weighted by Crippen LogP contribution is -1.89. The van der Waals surface area contributed by atoms with E-state index in [4.69, 9.17) is 17.4 Å². The van der Waals surface area contributed by atoms with Crippen molar-refractivity contribution in [2.75, 3.05) is 0 Å². The quantitative estimate of drug-likeness (QED) is 0.519. The average Bonchev–Trinajstić information content (AvgIpc) is 2.35. The van der Waals surface area contributed by atoms with Crippen molar-refractivity contribution in [1.29, 1.82) is 0 Å². The van der Waals surface area contributed by atoms with Crippen molar-refractivity contribution in [2.24, 2.45) is 10.9 Å². The average molecular weight is 263 g/mol. The predicted molar refractivity (Wildman–Crippen MR) is 73.8 cm³/mol. The molecule has 0 spiro atoms. The second kappa shape index (κ2) is 5.75. The smallest absolute Gasteiger partial charge is 0.0549 e. The van der Waals surface area contributed by atoms with E-state index in [-0.39, 0.29) is 0 Å². The fraction of sp³-hybridized carbons (Fsp3) is 0. The molecule has 0 unspecified atom stereocenters. The molecule has 2 N–H and O–H groups in total. The molecule has 0 fully saturated rings. The SMILES string of the molecule is NN=Cc1ccccc1Sc1ccc(Cl)cc1. The highest BCUT2D eigenvalue weighted by molar-refractivity contribution is 7.99. The molecule has 86 valence electrons. The maximum Gasteiger partial charge on any atom is 0.0549 e. The van der Waals surface area contributed by atoms with Crippen LogP contribution in [0.5, 0.6) is 0 Å². The molecule has 0 aromatic heterocycles. The van der Waals surface area contributed by atoms with Gasteiger partial charge in [-0.25, -0.2) is 0 Å². The largest absolute Gasteiger partial charge is 0.323 e. The molecule has 2 aromatic carbocycles. The molecule has 0 radical (unpaired) electrons. The van der Waals surface area contributed by atoms with Crippen LogP contribution >= 0.6 is 23.4 Å². The number of hydrogen-bond acceptors (Lipinski definition) is 3. The number of rotatable bonds is 3. The van der Waals surface area contributed by atoms with Gasteiger partial charge in [0.2, 0.25) is 0 Å². The second-order valence-electron chi connectivity index (χ2n) is 3.37. The van der Waals surface area contributed by atoms with Crippen LogP contribution in [0.25, 0.3) is 0 Å². The molecule has 2 nitrogen and oxygen atoms in total. The van der Waals surface area contributed by atoms with Crippen molar-refractivity contribution in [3.8, 4) is 0 Å². The van der Waals surface area contributed by atoms with E-state index in [0.29, 0.717) is 0 Å². The zero-order valence-electron chi connectivity index (χ0n) is 9.01. The highest BCUT2D eigenvalue weighted by Gasteiger charge is 2.02. The second-order valence-corrected chi connectivity index (χ2v) is 4.92. The van der Waals surface area contributed by atoms with Gasteiger partial charge in [0.05, 0.1) is 6.21 Å². The molecule has 0 heterocycles. The third-order valence-electron chi connectivity index (χ3n) is 2.17. The van der Waals surface area contributed by atoms with E-state index in [1.54, 1.807) is 18.0 Å². The Morgan fingerprint density at radius 1 is 1.06 bits per heavy atom. The van der Waals surface area contributed by atoms with Gasteiger partial charge in [0, 0.05) is 20.4 Å². The minimum absolute atomic E-state index is 0.742. The first-order valence-corrected chi connectivity index (χ1v) is 6.25. The van der Waals surface area contributed by atoms with Gasteiger partial charge in [-0.3, -0.25) is 0 Å².